The summed E-state index contributed by atoms with van der Waals surface area (Å²) in [6.45, 7) is 8.50. The maximum atomic E-state index is 12.9. The lowest BCUT2D eigenvalue weighted by Crippen LogP contribution is -2.51. The van der Waals surface area contributed by atoms with Crippen molar-refractivity contribution in [2.75, 3.05) is 45.9 Å². The van der Waals surface area contributed by atoms with Crippen LogP contribution in [-0.2, 0) is 16.1 Å². The summed E-state index contributed by atoms with van der Waals surface area (Å²) < 4.78 is 7.36. The van der Waals surface area contributed by atoms with Crippen molar-refractivity contribution in [3.05, 3.63) is 47.7 Å². The van der Waals surface area contributed by atoms with Crippen LogP contribution < -0.4 is 0 Å². The number of aromatic nitrogens is 3. The smallest absolute Gasteiger partial charge is 0.242 e. The minimum Gasteiger partial charge on any atom is -0.379 e. The zero-order valence-corrected chi connectivity index (χ0v) is 18.1. The lowest BCUT2D eigenvalue weighted by atomic mass is 10.0. The molecule has 164 valence electrons. The van der Waals surface area contributed by atoms with Crippen LogP contribution in [0.25, 0.3) is 11.8 Å². The van der Waals surface area contributed by atoms with Crippen LogP contribution in [0, 0.1) is 6.92 Å². The zero-order chi connectivity index (χ0) is 21.2. The third-order valence-electron chi connectivity index (χ3n) is 6.50. The van der Waals surface area contributed by atoms with Crippen molar-refractivity contribution in [2.24, 2.45) is 0 Å². The maximum absolute atomic E-state index is 12.9. The number of piperidine rings is 1. The molecule has 31 heavy (non-hydrogen) atoms. The van der Waals surface area contributed by atoms with Gasteiger partial charge < -0.3 is 14.5 Å². The number of morpholine rings is 1. The highest BCUT2D eigenvalue weighted by molar-refractivity contribution is 5.78. The SMILES string of the molecule is Cc1cc(-n2cc3c(n2)C=CN(CC(=O)N2CCC(N4CCOCC4)CC2)C3)ccn1. The summed E-state index contributed by atoms with van der Waals surface area (Å²) in [5, 5.41) is 4.68. The number of pyridine rings is 1. The first-order valence-electron chi connectivity index (χ1n) is 11.2. The summed E-state index contributed by atoms with van der Waals surface area (Å²) in [6.07, 6.45) is 9.97. The van der Waals surface area contributed by atoms with Crippen molar-refractivity contribution in [3.63, 3.8) is 0 Å². The van der Waals surface area contributed by atoms with E-state index in [0.717, 1.165) is 74.9 Å². The molecule has 2 aromatic heterocycles. The Bertz CT molecular complexity index is 957. The van der Waals surface area contributed by atoms with E-state index in [1.807, 2.05) is 40.9 Å². The highest BCUT2D eigenvalue weighted by Gasteiger charge is 2.28. The lowest BCUT2D eigenvalue weighted by molar-refractivity contribution is -0.133. The second-order valence-electron chi connectivity index (χ2n) is 8.62. The fraction of sp³-hybridized carbons (Fsp3) is 0.522. The molecule has 0 aromatic carbocycles. The molecule has 8 heteroatoms. The van der Waals surface area contributed by atoms with Gasteiger partial charge in [-0.2, -0.15) is 5.10 Å². The van der Waals surface area contributed by atoms with Gasteiger partial charge in [0.2, 0.25) is 5.91 Å². The Kier molecular flexibility index (Phi) is 5.74. The molecule has 0 aliphatic carbocycles. The quantitative estimate of drug-likeness (QED) is 0.747. The number of fused-ring (bicyclic) bond motifs is 1. The number of hydrogen-bond acceptors (Lipinski definition) is 6. The van der Waals surface area contributed by atoms with E-state index in [1.54, 1.807) is 6.20 Å². The van der Waals surface area contributed by atoms with Gasteiger partial charge in [-0.1, -0.05) is 0 Å². The number of carbonyl (C=O) groups is 1. The lowest BCUT2D eigenvalue weighted by Gasteiger charge is -2.40. The van der Waals surface area contributed by atoms with Crippen LogP contribution in [0.4, 0.5) is 0 Å². The number of hydrogen-bond donors (Lipinski definition) is 0. The van der Waals surface area contributed by atoms with Gasteiger partial charge in [0.25, 0.3) is 0 Å². The molecule has 5 heterocycles. The Morgan fingerprint density at radius 1 is 1.19 bits per heavy atom. The maximum Gasteiger partial charge on any atom is 0.242 e. The number of carbonyl (C=O) groups excluding carboxylic acids is 1. The van der Waals surface area contributed by atoms with E-state index in [-0.39, 0.29) is 5.91 Å². The zero-order valence-electron chi connectivity index (χ0n) is 18.1. The van der Waals surface area contributed by atoms with Crippen LogP contribution in [0.1, 0.15) is 29.8 Å². The van der Waals surface area contributed by atoms with Gasteiger partial charge in [0, 0.05) is 68.6 Å². The molecule has 0 atom stereocenters. The number of amides is 1. The van der Waals surface area contributed by atoms with E-state index in [2.05, 4.69) is 26.1 Å². The van der Waals surface area contributed by atoms with Crippen molar-refractivity contribution in [1.82, 2.24) is 29.5 Å². The van der Waals surface area contributed by atoms with Crippen molar-refractivity contribution in [2.45, 2.75) is 32.4 Å². The van der Waals surface area contributed by atoms with Gasteiger partial charge in [-0.25, -0.2) is 4.68 Å². The fourth-order valence-corrected chi connectivity index (χ4v) is 4.74. The second kappa shape index (κ2) is 8.80. The van der Waals surface area contributed by atoms with E-state index < -0.39 is 0 Å². The van der Waals surface area contributed by atoms with E-state index in [9.17, 15) is 4.79 Å². The Hall–Kier alpha value is -2.71. The Balaban J connectivity index is 1.16. The standard InChI is InChI=1S/C23H30N6O2/c1-18-14-21(2-6-24-18)29-16-19-15-26(7-5-22(19)25-29)17-23(30)28-8-3-20(4-9-28)27-10-12-31-13-11-27/h2,5-7,14,16,20H,3-4,8-13,15,17H2,1H3. The van der Waals surface area contributed by atoms with Gasteiger partial charge in [-0.3, -0.25) is 14.7 Å². The Morgan fingerprint density at radius 2 is 2.00 bits per heavy atom. The van der Waals surface area contributed by atoms with Gasteiger partial charge in [-0.15, -0.1) is 0 Å². The highest BCUT2D eigenvalue weighted by atomic mass is 16.5. The van der Waals surface area contributed by atoms with E-state index in [0.29, 0.717) is 19.1 Å². The monoisotopic (exact) mass is 422 g/mol. The molecule has 8 nitrogen and oxygen atoms in total. The van der Waals surface area contributed by atoms with Crippen LogP contribution in [0.3, 0.4) is 0 Å². The molecular formula is C23H30N6O2. The van der Waals surface area contributed by atoms with E-state index in [4.69, 9.17) is 4.74 Å². The average molecular weight is 423 g/mol. The van der Waals surface area contributed by atoms with Gasteiger partial charge in [0.1, 0.15) is 0 Å². The largest absolute Gasteiger partial charge is 0.379 e. The molecule has 3 aliphatic rings. The summed E-state index contributed by atoms with van der Waals surface area (Å²) in [5.41, 5.74) is 4.06. The molecule has 1 amide bonds. The van der Waals surface area contributed by atoms with Crippen molar-refractivity contribution < 1.29 is 9.53 Å². The number of likely N-dealkylation sites (tertiary alicyclic amines) is 1. The molecular weight excluding hydrogens is 392 g/mol. The summed E-state index contributed by atoms with van der Waals surface area (Å²) >= 11 is 0. The molecule has 0 saturated carbocycles. The minimum absolute atomic E-state index is 0.214. The molecule has 2 saturated heterocycles. The summed E-state index contributed by atoms with van der Waals surface area (Å²) in [4.78, 5) is 23.8. The van der Waals surface area contributed by atoms with Crippen LogP contribution in [-0.4, -0.2) is 87.4 Å². The molecule has 0 bridgehead atoms. The molecule has 0 radical (unpaired) electrons. The first kappa shape index (κ1) is 20.2. The number of ether oxygens (including phenoxy) is 1. The average Bonchev–Trinajstić information content (AvgIpc) is 3.23. The van der Waals surface area contributed by atoms with Gasteiger partial charge >= 0.3 is 0 Å². The number of aryl methyl sites for hydroxylation is 1. The number of rotatable bonds is 4. The van der Waals surface area contributed by atoms with Crippen molar-refractivity contribution in [3.8, 4) is 5.69 Å². The molecule has 5 rings (SSSR count). The summed E-state index contributed by atoms with van der Waals surface area (Å²) in [7, 11) is 0. The third-order valence-corrected chi connectivity index (χ3v) is 6.50. The fourth-order valence-electron chi connectivity index (χ4n) is 4.74. The third kappa shape index (κ3) is 4.50. The van der Waals surface area contributed by atoms with Crippen LogP contribution in [0.2, 0.25) is 0 Å². The predicted molar refractivity (Wildman–Crippen MR) is 118 cm³/mol. The van der Waals surface area contributed by atoms with E-state index in [1.165, 1.54) is 0 Å². The highest BCUT2D eigenvalue weighted by Crippen LogP contribution is 2.22. The van der Waals surface area contributed by atoms with Gasteiger partial charge in [-0.05, 0) is 38.0 Å². The summed E-state index contributed by atoms with van der Waals surface area (Å²) in [5.74, 6) is 0.214. The van der Waals surface area contributed by atoms with Gasteiger partial charge in [0.05, 0.1) is 31.1 Å². The first-order valence-corrected chi connectivity index (χ1v) is 11.2. The molecule has 2 aromatic rings. The Morgan fingerprint density at radius 3 is 2.77 bits per heavy atom. The number of nitrogens with zero attached hydrogens (tertiary/aromatic N) is 6. The van der Waals surface area contributed by atoms with Crippen LogP contribution >= 0.6 is 0 Å². The predicted octanol–water partition coefficient (Wildman–Crippen LogP) is 1.69. The molecule has 0 unspecified atom stereocenters. The molecule has 0 N–H and O–H groups in total. The van der Waals surface area contributed by atoms with Crippen molar-refractivity contribution in [1.29, 1.82) is 0 Å². The first-order chi connectivity index (χ1) is 15.2. The second-order valence-corrected chi connectivity index (χ2v) is 8.62. The molecule has 0 spiro atoms. The van der Waals surface area contributed by atoms with Crippen LogP contribution in [0.15, 0.2) is 30.7 Å². The van der Waals surface area contributed by atoms with Crippen LogP contribution in [0.5, 0.6) is 0 Å². The van der Waals surface area contributed by atoms with Gasteiger partial charge in [0.15, 0.2) is 0 Å². The Labute approximate surface area is 183 Å². The minimum atomic E-state index is 0.214. The normalized spacial score (nSPS) is 20.2. The summed E-state index contributed by atoms with van der Waals surface area (Å²) in [6, 6.07) is 4.56. The molecule has 3 aliphatic heterocycles. The van der Waals surface area contributed by atoms with E-state index >= 15 is 0 Å². The molecule has 2 fully saturated rings. The topological polar surface area (TPSA) is 66.7 Å². The van der Waals surface area contributed by atoms with Crippen molar-refractivity contribution >= 4 is 12.0 Å².